The molecule has 1 amide bonds. The Morgan fingerprint density at radius 2 is 1.93 bits per heavy atom. The Morgan fingerprint density at radius 3 is 2.63 bits per heavy atom. The first-order valence-electron chi connectivity index (χ1n) is 12.9. The van der Waals surface area contributed by atoms with E-state index in [4.69, 9.17) is 16.2 Å². The summed E-state index contributed by atoms with van der Waals surface area (Å²) in [6.07, 6.45) is 2.65. The monoisotopic (exact) mass is 567 g/mol. The SMILES string of the molecule is COC(=O)CCC[C@H](NC(=O)c1cc(C)c2c(c1)CCN2[N+](C)([O-])Cc1cnc2nc(N)nc(N)c2n1)C(=O)OC. The number of methoxy groups -OCH3 is 2. The number of aryl methyl sites for hydroxylation is 1. The second kappa shape index (κ2) is 11.9. The molecule has 0 radical (unpaired) electrons. The molecule has 218 valence electrons. The maximum absolute atomic E-state index is 13.9. The van der Waals surface area contributed by atoms with Gasteiger partial charge in [-0.05, 0) is 49.4 Å². The largest absolute Gasteiger partial charge is 0.606 e. The third-order valence-corrected chi connectivity index (χ3v) is 6.85. The Hall–Kier alpha value is -4.63. The zero-order valence-electron chi connectivity index (χ0n) is 23.3. The molecule has 0 spiro atoms. The van der Waals surface area contributed by atoms with Crippen LogP contribution in [-0.2, 0) is 32.0 Å². The van der Waals surface area contributed by atoms with Crippen LogP contribution in [0.3, 0.4) is 0 Å². The summed E-state index contributed by atoms with van der Waals surface area (Å²) >= 11 is 0. The third-order valence-electron chi connectivity index (χ3n) is 6.85. The number of esters is 2. The van der Waals surface area contributed by atoms with Gasteiger partial charge in [0.1, 0.15) is 18.3 Å². The van der Waals surface area contributed by atoms with E-state index in [9.17, 15) is 19.6 Å². The second-order valence-corrected chi connectivity index (χ2v) is 9.90. The lowest BCUT2D eigenvalue weighted by Gasteiger charge is -2.46. The van der Waals surface area contributed by atoms with Gasteiger partial charge in [-0.1, -0.05) is 0 Å². The summed E-state index contributed by atoms with van der Waals surface area (Å²) in [7, 11) is 4.03. The average Bonchev–Trinajstić information content (AvgIpc) is 3.38. The van der Waals surface area contributed by atoms with Crippen LogP contribution in [0.1, 0.15) is 46.4 Å². The zero-order chi connectivity index (χ0) is 29.9. The molecule has 1 aliphatic heterocycles. The maximum Gasteiger partial charge on any atom is 0.328 e. The summed E-state index contributed by atoms with van der Waals surface area (Å²) in [5, 5.41) is 18.3. The molecule has 4 rings (SSSR count). The van der Waals surface area contributed by atoms with Gasteiger partial charge in [-0.2, -0.15) is 9.97 Å². The fraction of sp³-hybridized carbons (Fsp3) is 0.423. The fourth-order valence-electron chi connectivity index (χ4n) is 4.94. The number of rotatable bonds is 10. The standard InChI is InChI=1S/C26H33N9O6/c1-14-10-16(24(37)31-18(25(38)41-4)6-5-7-19(36)40-3)11-15-8-9-34(21(14)15)35(2,39)13-17-12-29-23-20(30-17)22(27)32-26(28)33-23/h10-12,18H,5-9,13H2,1-4H3,(H,31,37)(H4,27,28,29,32,33)/t18-,35?/m0/s1. The number of aromatic nitrogens is 4. The van der Waals surface area contributed by atoms with E-state index < -0.39 is 28.6 Å². The number of benzene rings is 1. The van der Waals surface area contributed by atoms with Crippen LogP contribution >= 0.6 is 0 Å². The van der Waals surface area contributed by atoms with Gasteiger partial charge >= 0.3 is 11.9 Å². The Balaban J connectivity index is 1.51. The number of nitrogens with one attached hydrogen (secondary N) is 1. The number of nitrogen functional groups attached to an aromatic ring is 2. The van der Waals surface area contributed by atoms with Crippen molar-refractivity contribution in [2.45, 2.75) is 45.2 Å². The second-order valence-electron chi connectivity index (χ2n) is 9.90. The van der Waals surface area contributed by atoms with Crippen molar-refractivity contribution in [3.8, 4) is 0 Å². The number of amides is 1. The molecule has 3 aromatic rings. The maximum atomic E-state index is 13.9. The number of quaternary nitrogens is 1. The lowest BCUT2D eigenvalue weighted by atomic mass is 10.0. The smallest absolute Gasteiger partial charge is 0.328 e. The van der Waals surface area contributed by atoms with Crippen LogP contribution in [0.4, 0.5) is 17.5 Å². The molecule has 5 N–H and O–H groups in total. The molecule has 41 heavy (non-hydrogen) atoms. The number of nitrogens with zero attached hydrogens (tertiary/aromatic N) is 6. The summed E-state index contributed by atoms with van der Waals surface area (Å²) in [6, 6.07) is 2.47. The van der Waals surface area contributed by atoms with Crippen molar-refractivity contribution < 1.29 is 28.6 Å². The summed E-state index contributed by atoms with van der Waals surface area (Å²) in [5.74, 6) is -1.42. The molecule has 1 aromatic carbocycles. The molecule has 2 aromatic heterocycles. The molecule has 1 unspecified atom stereocenters. The van der Waals surface area contributed by atoms with Gasteiger partial charge in [-0.15, -0.1) is 0 Å². The highest BCUT2D eigenvalue weighted by atomic mass is 16.6. The van der Waals surface area contributed by atoms with Gasteiger partial charge in [0.25, 0.3) is 5.91 Å². The molecule has 15 heteroatoms. The van der Waals surface area contributed by atoms with Crippen molar-refractivity contribution in [1.82, 2.24) is 25.3 Å². The van der Waals surface area contributed by atoms with Crippen molar-refractivity contribution in [2.75, 3.05) is 44.3 Å². The molecule has 1 aliphatic rings. The number of hydroxylamine groups is 2. The van der Waals surface area contributed by atoms with E-state index in [2.05, 4.69) is 30.0 Å². The highest BCUT2D eigenvalue weighted by Gasteiger charge is 2.33. The molecule has 0 saturated carbocycles. The van der Waals surface area contributed by atoms with E-state index in [1.165, 1.54) is 27.5 Å². The molecular formula is C26H33N9O6. The van der Waals surface area contributed by atoms with Gasteiger partial charge in [0.05, 0.1) is 39.7 Å². The molecule has 0 bridgehead atoms. The lowest BCUT2D eigenvalue weighted by Crippen LogP contribution is -2.52. The van der Waals surface area contributed by atoms with E-state index in [-0.39, 0.29) is 42.3 Å². The lowest BCUT2D eigenvalue weighted by molar-refractivity contribution is -0.883. The van der Waals surface area contributed by atoms with E-state index in [0.29, 0.717) is 30.6 Å². The molecule has 15 nitrogen and oxygen atoms in total. The van der Waals surface area contributed by atoms with Crippen LogP contribution in [0.5, 0.6) is 0 Å². The zero-order valence-corrected chi connectivity index (χ0v) is 23.3. The van der Waals surface area contributed by atoms with Crippen molar-refractivity contribution in [3.63, 3.8) is 0 Å². The first kappa shape index (κ1) is 29.4. The molecule has 2 atom stereocenters. The number of nitrogens with two attached hydrogens (primary N) is 2. The summed E-state index contributed by atoms with van der Waals surface area (Å²) in [4.78, 5) is 53.4. The molecular weight excluding hydrogens is 534 g/mol. The normalized spacial score (nSPS) is 14.7. The van der Waals surface area contributed by atoms with Crippen molar-refractivity contribution in [2.24, 2.45) is 0 Å². The van der Waals surface area contributed by atoms with E-state index >= 15 is 0 Å². The fourth-order valence-corrected chi connectivity index (χ4v) is 4.94. The first-order valence-corrected chi connectivity index (χ1v) is 12.9. The molecule has 0 fully saturated rings. The Morgan fingerprint density at radius 1 is 1.17 bits per heavy atom. The summed E-state index contributed by atoms with van der Waals surface area (Å²) in [5.41, 5.74) is 15.1. The molecule has 3 heterocycles. The first-order chi connectivity index (χ1) is 19.4. The highest BCUT2D eigenvalue weighted by Crippen LogP contribution is 2.36. The van der Waals surface area contributed by atoms with Crippen molar-refractivity contribution in [1.29, 1.82) is 0 Å². The molecule has 0 aliphatic carbocycles. The van der Waals surface area contributed by atoms with Crippen molar-refractivity contribution >= 4 is 46.5 Å². The quantitative estimate of drug-likeness (QED) is 0.177. The number of carbonyl (C=O) groups is 3. The minimum Gasteiger partial charge on any atom is -0.606 e. The van der Waals surface area contributed by atoms with Gasteiger partial charge in [0, 0.05) is 12.0 Å². The Kier molecular flexibility index (Phi) is 8.49. The Bertz CT molecular complexity index is 1500. The van der Waals surface area contributed by atoms with Gasteiger partial charge < -0.3 is 31.5 Å². The average molecular weight is 568 g/mol. The highest BCUT2D eigenvalue weighted by molar-refractivity contribution is 5.98. The Labute approximate surface area is 236 Å². The van der Waals surface area contributed by atoms with Gasteiger partial charge in [-0.25, -0.2) is 19.8 Å². The van der Waals surface area contributed by atoms with Gasteiger partial charge in [0.2, 0.25) is 5.95 Å². The predicted molar refractivity (Wildman–Crippen MR) is 149 cm³/mol. The summed E-state index contributed by atoms with van der Waals surface area (Å²) in [6.45, 7) is 2.20. The number of ether oxygens (including phenoxy) is 2. The number of anilines is 3. The minimum atomic E-state index is -0.928. The van der Waals surface area contributed by atoms with Crippen LogP contribution in [0.2, 0.25) is 0 Å². The van der Waals surface area contributed by atoms with Gasteiger partial charge in [-0.3, -0.25) is 14.3 Å². The number of hydrogen-bond acceptors (Lipinski definition) is 13. The van der Waals surface area contributed by atoms with E-state index in [0.717, 1.165) is 16.8 Å². The third kappa shape index (κ3) is 6.41. The topological polar surface area (TPSA) is 212 Å². The van der Waals surface area contributed by atoms with Crippen LogP contribution in [0, 0.1) is 12.1 Å². The van der Waals surface area contributed by atoms with Crippen LogP contribution in [-0.4, -0.2) is 76.4 Å². The van der Waals surface area contributed by atoms with E-state index in [1.54, 1.807) is 17.1 Å². The van der Waals surface area contributed by atoms with E-state index in [1.807, 2.05) is 6.92 Å². The van der Waals surface area contributed by atoms with Gasteiger partial charge in [0.15, 0.2) is 17.0 Å². The van der Waals surface area contributed by atoms with Crippen LogP contribution in [0.15, 0.2) is 18.3 Å². The predicted octanol–water partition coefficient (Wildman–Crippen LogP) is 0.929. The summed E-state index contributed by atoms with van der Waals surface area (Å²) < 4.78 is 8.64. The van der Waals surface area contributed by atoms with Crippen LogP contribution in [0.25, 0.3) is 11.2 Å². The number of fused-ring (bicyclic) bond motifs is 2. The number of carbonyl (C=O) groups excluding carboxylic acids is 3. The van der Waals surface area contributed by atoms with Crippen molar-refractivity contribution in [3.05, 3.63) is 45.9 Å². The van der Waals surface area contributed by atoms with Crippen LogP contribution < -0.4 is 21.8 Å². The number of hydrogen-bond donors (Lipinski definition) is 3. The molecule has 0 saturated heterocycles. The minimum absolute atomic E-state index is 0.0157.